The Morgan fingerprint density at radius 2 is 2.15 bits per heavy atom. The van der Waals surface area contributed by atoms with Crippen LogP contribution in [0.2, 0.25) is 0 Å². The summed E-state index contributed by atoms with van der Waals surface area (Å²) in [5.41, 5.74) is 1.94. The molecule has 1 atom stereocenters. The number of nitrogens with one attached hydrogen (secondary N) is 1. The lowest BCUT2D eigenvalue weighted by Gasteiger charge is -2.19. The van der Waals surface area contributed by atoms with Crippen molar-refractivity contribution in [3.05, 3.63) is 28.2 Å². The first kappa shape index (κ1) is 13.6. The van der Waals surface area contributed by atoms with Crippen LogP contribution in [0.4, 0.5) is 5.69 Å². The van der Waals surface area contributed by atoms with Crippen molar-refractivity contribution < 1.29 is 9.59 Å². The van der Waals surface area contributed by atoms with Gasteiger partial charge >= 0.3 is 0 Å². The van der Waals surface area contributed by atoms with E-state index >= 15 is 0 Å². The predicted molar refractivity (Wildman–Crippen MR) is 80.5 cm³/mol. The summed E-state index contributed by atoms with van der Waals surface area (Å²) in [6, 6.07) is 6.19. The van der Waals surface area contributed by atoms with Gasteiger partial charge in [0.25, 0.3) is 0 Å². The summed E-state index contributed by atoms with van der Waals surface area (Å²) >= 11 is 3.42. The fraction of sp³-hybridized carbons (Fsp3) is 0.467. The fourth-order valence-corrected chi connectivity index (χ4v) is 3.06. The Morgan fingerprint density at radius 3 is 2.80 bits per heavy atom. The predicted octanol–water partition coefficient (Wildman–Crippen LogP) is 2.39. The van der Waals surface area contributed by atoms with Crippen LogP contribution in [0.25, 0.3) is 0 Å². The van der Waals surface area contributed by atoms with E-state index in [2.05, 4.69) is 21.2 Å². The molecule has 106 valence electrons. The van der Waals surface area contributed by atoms with Gasteiger partial charge in [-0.05, 0) is 43.5 Å². The van der Waals surface area contributed by atoms with Crippen LogP contribution in [0.1, 0.15) is 24.8 Å². The molecule has 1 N–H and O–H groups in total. The highest BCUT2D eigenvalue weighted by atomic mass is 79.9. The minimum Gasteiger partial charge on any atom is -0.353 e. The summed E-state index contributed by atoms with van der Waals surface area (Å²) in [5.74, 6) is -0.157. The highest BCUT2D eigenvalue weighted by molar-refractivity contribution is 9.10. The van der Waals surface area contributed by atoms with Gasteiger partial charge in [0.1, 0.15) is 0 Å². The Morgan fingerprint density at radius 1 is 1.40 bits per heavy atom. The van der Waals surface area contributed by atoms with Gasteiger partial charge in [0, 0.05) is 29.2 Å². The first-order valence-corrected chi connectivity index (χ1v) is 7.71. The maximum Gasteiger partial charge on any atom is 0.227 e. The Hall–Kier alpha value is -1.36. The average molecular weight is 337 g/mol. The van der Waals surface area contributed by atoms with E-state index < -0.39 is 0 Å². The minimum atomic E-state index is -0.217. The Balaban J connectivity index is 1.74. The maximum atomic E-state index is 12.2. The molecule has 1 saturated carbocycles. The zero-order valence-corrected chi connectivity index (χ0v) is 12.9. The smallest absolute Gasteiger partial charge is 0.227 e. The number of aryl methyl sites for hydroxylation is 1. The summed E-state index contributed by atoms with van der Waals surface area (Å²) in [4.78, 5) is 26.0. The summed E-state index contributed by atoms with van der Waals surface area (Å²) in [5, 5.41) is 2.99. The molecule has 1 heterocycles. The Kier molecular flexibility index (Phi) is 3.54. The van der Waals surface area contributed by atoms with E-state index in [0.717, 1.165) is 28.6 Å². The van der Waals surface area contributed by atoms with Crippen molar-refractivity contribution in [3.63, 3.8) is 0 Å². The first-order valence-electron chi connectivity index (χ1n) is 6.91. The van der Waals surface area contributed by atoms with E-state index in [1.807, 2.05) is 25.1 Å². The van der Waals surface area contributed by atoms with Gasteiger partial charge in [-0.1, -0.05) is 15.9 Å². The van der Waals surface area contributed by atoms with Crippen molar-refractivity contribution in [3.8, 4) is 0 Å². The second-order valence-electron chi connectivity index (χ2n) is 5.62. The molecular formula is C15H17BrN2O2. The van der Waals surface area contributed by atoms with E-state index in [1.54, 1.807) is 4.90 Å². The number of rotatable bonds is 3. The summed E-state index contributed by atoms with van der Waals surface area (Å²) in [6.45, 7) is 2.46. The number of halogens is 1. The van der Waals surface area contributed by atoms with Crippen LogP contribution in [0, 0.1) is 12.8 Å². The second kappa shape index (κ2) is 5.20. The van der Waals surface area contributed by atoms with Gasteiger partial charge in [0.05, 0.1) is 5.92 Å². The molecule has 2 fully saturated rings. The maximum absolute atomic E-state index is 12.2. The number of carbonyl (C=O) groups excluding carboxylic acids is 2. The molecule has 2 aliphatic rings. The largest absolute Gasteiger partial charge is 0.353 e. The van der Waals surface area contributed by atoms with Crippen molar-refractivity contribution in [2.75, 3.05) is 11.4 Å². The van der Waals surface area contributed by atoms with Gasteiger partial charge in [-0.3, -0.25) is 9.59 Å². The quantitative estimate of drug-likeness (QED) is 0.921. The van der Waals surface area contributed by atoms with Crippen molar-refractivity contribution >= 4 is 33.4 Å². The fourth-order valence-electron chi connectivity index (χ4n) is 2.58. The van der Waals surface area contributed by atoms with Gasteiger partial charge in [-0.15, -0.1) is 0 Å². The molecule has 1 aliphatic heterocycles. The number of hydrogen-bond donors (Lipinski definition) is 1. The molecular weight excluding hydrogens is 320 g/mol. The van der Waals surface area contributed by atoms with Crippen molar-refractivity contribution in [1.29, 1.82) is 0 Å². The monoisotopic (exact) mass is 336 g/mol. The topological polar surface area (TPSA) is 49.4 Å². The molecule has 0 aromatic heterocycles. The van der Waals surface area contributed by atoms with Crippen LogP contribution in [0.5, 0.6) is 0 Å². The van der Waals surface area contributed by atoms with Gasteiger partial charge < -0.3 is 10.2 Å². The SMILES string of the molecule is Cc1cc(Br)ccc1N1C[C@H](C(=O)NC2CC2)CC1=O. The van der Waals surface area contributed by atoms with Crippen LogP contribution >= 0.6 is 15.9 Å². The zero-order valence-electron chi connectivity index (χ0n) is 11.4. The minimum absolute atomic E-state index is 0.0260. The number of benzene rings is 1. The van der Waals surface area contributed by atoms with Crippen molar-refractivity contribution in [1.82, 2.24) is 5.32 Å². The molecule has 2 amide bonds. The van der Waals surface area contributed by atoms with Crippen LogP contribution in [-0.2, 0) is 9.59 Å². The Bertz CT molecular complexity index is 569. The van der Waals surface area contributed by atoms with Crippen LogP contribution < -0.4 is 10.2 Å². The van der Waals surface area contributed by atoms with Crippen LogP contribution in [0.15, 0.2) is 22.7 Å². The third-order valence-electron chi connectivity index (χ3n) is 3.87. The molecule has 4 nitrogen and oxygen atoms in total. The van der Waals surface area contributed by atoms with Crippen molar-refractivity contribution in [2.45, 2.75) is 32.2 Å². The number of anilines is 1. The zero-order chi connectivity index (χ0) is 14.3. The standard InChI is InChI=1S/C15H17BrN2O2/c1-9-6-11(16)2-5-13(9)18-8-10(7-14(18)19)15(20)17-12-3-4-12/h2,5-6,10,12H,3-4,7-8H2,1H3,(H,17,20)/t10-/m1/s1. The highest BCUT2D eigenvalue weighted by Gasteiger charge is 2.37. The molecule has 1 aliphatic carbocycles. The van der Waals surface area contributed by atoms with Crippen LogP contribution in [0.3, 0.4) is 0 Å². The lowest BCUT2D eigenvalue weighted by atomic mass is 10.1. The molecule has 0 spiro atoms. The lowest BCUT2D eigenvalue weighted by Crippen LogP contribution is -2.34. The van der Waals surface area contributed by atoms with Gasteiger partial charge in [-0.25, -0.2) is 0 Å². The molecule has 0 bridgehead atoms. The number of hydrogen-bond acceptors (Lipinski definition) is 2. The van der Waals surface area contributed by atoms with E-state index in [1.165, 1.54) is 0 Å². The summed E-state index contributed by atoms with van der Waals surface area (Å²) in [6.07, 6.45) is 2.46. The third kappa shape index (κ3) is 2.73. The highest BCUT2D eigenvalue weighted by Crippen LogP contribution is 2.30. The van der Waals surface area contributed by atoms with Gasteiger partial charge in [0.2, 0.25) is 11.8 Å². The molecule has 1 aromatic rings. The number of nitrogens with zero attached hydrogens (tertiary/aromatic N) is 1. The van der Waals surface area contributed by atoms with E-state index in [4.69, 9.17) is 0 Å². The first-order chi connectivity index (χ1) is 9.54. The molecule has 3 rings (SSSR count). The second-order valence-corrected chi connectivity index (χ2v) is 6.53. The average Bonchev–Trinajstić information content (AvgIpc) is 3.11. The normalized spacial score (nSPS) is 22.2. The molecule has 1 saturated heterocycles. The molecule has 20 heavy (non-hydrogen) atoms. The molecule has 0 radical (unpaired) electrons. The summed E-state index contributed by atoms with van der Waals surface area (Å²) < 4.78 is 0.994. The Labute approximate surface area is 126 Å². The molecule has 0 unspecified atom stereocenters. The van der Waals surface area contributed by atoms with Crippen molar-refractivity contribution in [2.24, 2.45) is 5.92 Å². The van der Waals surface area contributed by atoms with Crippen LogP contribution in [-0.4, -0.2) is 24.4 Å². The third-order valence-corrected chi connectivity index (χ3v) is 4.36. The number of amides is 2. The number of carbonyl (C=O) groups is 2. The van der Waals surface area contributed by atoms with Gasteiger partial charge in [0.15, 0.2) is 0 Å². The van der Waals surface area contributed by atoms with E-state index in [-0.39, 0.29) is 17.7 Å². The van der Waals surface area contributed by atoms with E-state index in [9.17, 15) is 9.59 Å². The van der Waals surface area contributed by atoms with Gasteiger partial charge in [-0.2, -0.15) is 0 Å². The lowest BCUT2D eigenvalue weighted by molar-refractivity contribution is -0.126. The molecule has 5 heteroatoms. The molecule has 1 aromatic carbocycles. The van der Waals surface area contributed by atoms with E-state index in [0.29, 0.717) is 19.0 Å². The summed E-state index contributed by atoms with van der Waals surface area (Å²) in [7, 11) is 0.